The van der Waals surface area contributed by atoms with Crippen molar-refractivity contribution in [2.75, 3.05) is 28.4 Å². The van der Waals surface area contributed by atoms with Crippen LogP contribution in [-0.2, 0) is 13.2 Å². The molecule has 0 saturated carbocycles. The van der Waals surface area contributed by atoms with E-state index in [1.165, 1.54) is 28.4 Å². The number of methoxy groups -OCH3 is 4. The molecule has 0 aromatic heterocycles. The molecule has 0 aliphatic carbocycles. The summed E-state index contributed by atoms with van der Waals surface area (Å²) in [6.45, 7) is 21.1. The molecule has 5 rings (SSSR count). The van der Waals surface area contributed by atoms with E-state index >= 15 is 0 Å². The molecule has 5 aromatic rings. The van der Waals surface area contributed by atoms with Crippen molar-refractivity contribution in [2.45, 2.75) is 96.3 Å². The molecule has 0 unspecified atom stereocenters. The summed E-state index contributed by atoms with van der Waals surface area (Å²) in [5, 5.41) is 19.7. The van der Waals surface area contributed by atoms with Crippen LogP contribution in [-0.4, -0.2) is 62.5 Å². The lowest BCUT2D eigenvalue weighted by Crippen LogP contribution is -2.17. The lowest BCUT2D eigenvalue weighted by molar-refractivity contribution is 0.0679. The van der Waals surface area contributed by atoms with E-state index in [1.807, 2.05) is 32.0 Å². The number of carbonyl (C=O) groups is 4. The van der Waals surface area contributed by atoms with E-state index < -0.39 is 23.9 Å². The number of hydrogen-bond donors (Lipinski definition) is 2. The van der Waals surface area contributed by atoms with Gasteiger partial charge in [-0.1, -0.05) is 18.2 Å². The fourth-order valence-electron chi connectivity index (χ4n) is 8.61. The summed E-state index contributed by atoms with van der Waals surface area (Å²) in [5.74, 6) is -1.42. The number of carboxylic acids is 2. The highest BCUT2D eigenvalue weighted by molar-refractivity contribution is 9.10. The topological polar surface area (TPSA) is 183 Å². The number of aromatic carboxylic acids is 2. The number of hydrogen-bond acceptors (Lipinski definition) is 12. The highest BCUT2D eigenvalue weighted by Crippen LogP contribution is 2.44. The summed E-state index contributed by atoms with van der Waals surface area (Å²) in [6.07, 6.45) is 0. The minimum Gasteiger partial charge on any atom is -0.495 e. The van der Waals surface area contributed by atoms with Crippen LogP contribution in [0.25, 0.3) is 0 Å². The maximum absolute atomic E-state index is 14.0. The fraction of sp³-hybridized carbons (Fsp3) is 0.346. The Hall–Kier alpha value is -6.74. The number of ether oxygens (including phenoxy) is 8. The zero-order valence-corrected chi connectivity index (χ0v) is 42.4. The molecule has 0 amide bonds. The minimum atomic E-state index is -1.15. The fourth-order valence-corrected chi connectivity index (χ4v) is 9.10. The van der Waals surface area contributed by atoms with Crippen LogP contribution in [0.4, 0.5) is 0 Å². The number of carbonyl (C=O) groups excluding carboxylic acids is 2. The third kappa shape index (κ3) is 9.21. The Balaban J connectivity index is 1.40. The third-order valence-electron chi connectivity index (χ3n) is 12.7. The molecule has 67 heavy (non-hydrogen) atoms. The van der Waals surface area contributed by atoms with E-state index in [-0.39, 0.29) is 70.0 Å². The van der Waals surface area contributed by atoms with Crippen LogP contribution in [0.3, 0.4) is 0 Å². The van der Waals surface area contributed by atoms with Gasteiger partial charge < -0.3 is 48.1 Å². The van der Waals surface area contributed by atoms with E-state index in [0.717, 1.165) is 15.6 Å². The number of carboxylic acid groups (broad SMARTS) is 2. The largest absolute Gasteiger partial charge is 0.495 e. The first-order valence-corrected chi connectivity index (χ1v) is 21.9. The Labute approximate surface area is 399 Å². The van der Waals surface area contributed by atoms with Crippen molar-refractivity contribution < 1.29 is 67.3 Å². The number of halogens is 1. The summed E-state index contributed by atoms with van der Waals surface area (Å²) in [4.78, 5) is 52.2. The monoisotopic (exact) mass is 984 g/mol. The standard InChI is InChI=1S/C52H57BrO14/c1-22-28(7)43(32(11)45(60-13)36(22)49(54)55)66-51(58)38-24(3)26(5)41(30(9)47(38)62-15)64-20-34-18-17-19-35(40(34)53)21-65-42-27(6)25(4)39(48(63-16)31(42)10)52(59)67-44-29(8)23(2)37(50(56)57)46(61-14)33(44)12/h17-19H,20-21H2,1-16H3,(H,54,55)(H,56,57). The Kier molecular flexibility index (Phi) is 15.6. The summed E-state index contributed by atoms with van der Waals surface area (Å²) in [7, 11) is 5.67. The molecule has 0 heterocycles. The summed E-state index contributed by atoms with van der Waals surface area (Å²) in [6, 6.07) is 5.74. The van der Waals surface area contributed by atoms with E-state index in [4.69, 9.17) is 37.9 Å². The predicted molar refractivity (Wildman–Crippen MR) is 255 cm³/mol. The van der Waals surface area contributed by atoms with Crippen molar-refractivity contribution in [3.63, 3.8) is 0 Å². The number of rotatable bonds is 16. The molecule has 0 radical (unpaired) electrons. The number of esters is 2. The first kappa shape index (κ1) is 51.2. The van der Waals surface area contributed by atoms with Gasteiger partial charge in [0.2, 0.25) is 0 Å². The van der Waals surface area contributed by atoms with Crippen molar-refractivity contribution >= 4 is 39.8 Å². The number of benzene rings is 5. The van der Waals surface area contributed by atoms with E-state index in [9.17, 15) is 29.4 Å². The van der Waals surface area contributed by atoms with Gasteiger partial charge in [0.05, 0.1) is 28.4 Å². The van der Waals surface area contributed by atoms with Crippen LogP contribution < -0.4 is 37.9 Å². The normalized spacial score (nSPS) is 10.9. The highest BCUT2D eigenvalue weighted by atomic mass is 79.9. The van der Waals surface area contributed by atoms with Gasteiger partial charge in [0, 0.05) is 37.9 Å². The Morgan fingerprint density at radius 2 is 0.672 bits per heavy atom. The second-order valence-electron chi connectivity index (χ2n) is 16.3. The van der Waals surface area contributed by atoms with Gasteiger partial charge in [-0.2, -0.15) is 0 Å². The van der Waals surface area contributed by atoms with Crippen molar-refractivity contribution in [3.8, 4) is 46.0 Å². The average molecular weight is 986 g/mol. The molecular formula is C52H57BrO14. The SMILES string of the molecule is COc1c(C)c(OC(=O)c2c(C)c(C)c(OCc3cccc(COc4c(C)c(C)c(C(=O)Oc5c(C)c(C)c(C(=O)O)c(OC)c5C)c(OC)c4C)c3Br)c(C)c2OC)c(C)c(C)c1C(=O)O. The van der Waals surface area contributed by atoms with E-state index in [0.29, 0.717) is 78.3 Å². The van der Waals surface area contributed by atoms with Crippen molar-refractivity contribution in [3.05, 3.63) is 123 Å². The second kappa shape index (κ2) is 20.4. The van der Waals surface area contributed by atoms with Crippen LogP contribution in [0.1, 0.15) is 119 Å². The molecule has 0 aliphatic rings. The molecule has 5 aromatic carbocycles. The van der Waals surface area contributed by atoms with Crippen LogP contribution in [0.15, 0.2) is 22.7 Å². The van der Waals surface area contributed by atoms with Crippen LogP contribution in [0.2, 0.25) is 0 Å². The Morgan fingerprint density at radius 1 is 0.403 bits per heavy atom. The van der Waals surface area contributed by atoms with E-state index in [2.05, 4.69) is 15.9 Å². The van der Waals surface area contributed by atoms with Crippen LogP contribution in [0.5, 0.6) is 46.0 Å². The Morgan fingerprint density at radius 3 is 0.970 bits per heavy atom. The first-order valence-electron chi connectivity index (χ1n) is 21.2. The van der Waals surface area contributed by atoms with Crippen molar-refractivity contribution in [1.82, 2.24) is 0 Å². The highest BCUT2D eigenvalue weighted by Gasteiger charge is 2.32. The van der Waals surface area contributed by atoms with Crippen LogP contribution in [0, 0.1) is 83.1 Å². The van der Waals surface area contributed by atoms with Gasteiger partial charge in [0.1, 0.15) is 81.5 Å². The summed E-state index contributed by atoms with van der Waals surface area (Å²) < 4.78 is 48.3. The molecule has 356 valence electrons. The molecule has 0 bridgehead atoms. The molecule has 0 spiro atoms. The maximum Gasteiger partial charge on any atom is 0.347 e. The summed E-state index contributed by atoms with van der Waals surface area (Å²) in [5.41, 5.74) is 8.34. The van der Waals surface area contributed by atoms with Crippen molar-refractivity contribution in [1.29, 1.82) is 0 Å². The predicted octanol–water partition coefficient (Wildman–Crippen LogP) is 11.2. The van der Waals surface area contributed by atoms with Crippen molar-refractivity contribution in [2.24, 2.45) is 0 Å². The van der Waals surface area contributed by atoms with Gasteiger partial charge in [0.25, 0.3) is 0 Å². The summed E-state index contributed by atoms with van der Waals surface area (Å²) >= 11 is 3.78. The first-order chi connectivity index (χ1) is 31.5. The second-order valence-corrected chi connectivity index (χ2v) is 17.1. The molecule has 0 atom stereocenters. The lowest BCUT2D eigenvalue weighted by Gasteiger charge is -2.23. The van der Waals surface area contributed by atoms with Gasteiger partial charge in [0.15, 0.2) is 0 Å². The maximum atomic E-state index is 14.0. The third-order valence-corrected chi connectivity index (χ3v) is 13.7. The molecule has 0 saturated heterocycles. The van der Waals surface area contributed by atoms with Gasteiger partial charge >= 0.3 is 23.9 Å². The zero-order valence-electron chi connectivity index (χ0n) is 40.8. The minimum absolute atomic E-state index is 0.00475. The quantitative estimate of drug-likeness (QED) is 0.0703. The molecule has 0 fully saturated rings. The average Bonchev–Trinajstić information content (AvgIpc) is 3.28. The van der Waals surface area contributed by atoms with Crippen LogP contribution >= 0.6 is 15.9 Å². The van der Waals surface area contributed by atoms with Gasteiger partial charge in [-0.25, -0.2) is 19.2 Å². The lowest BCUT2D eigenvalue weighted by atomic mass is 9.95. The zero-order chi connectivity index (χ0) is 50.1. The van der Waals surface area contributed by atoms with E-state index in [1.54, 1.807) is 69.2 Å². The van der Waals surface area contributed by atoms with Gasteiger partial charge in [-0.3, -0.25) is 0 Å². The van der Waals surface area contributed by atoms with Gasteiger partial charge in [-0.05, 0) is 144 Å². The molecular weight excluding hydrogens is 928 g/mol. The molecule has 2 N–H and O–H groups in total. The Bertz CT molecular complexity index is 2690. The molecule has 15 heteroatoms. The molecule has 0 aliphatic heterocycles. The van der Waals surface area contributed by atoms with Gasteiger partial charge in [-0.15, -0.1) is 0 Å². The smallest absolute Gasteiger partial charge is 0.347 e. The molecule has 14 nitrogen and oxygen atoms in total.